The van der Waals surface area contributed by atoms with E-state index in [4.69, 9.17) is 0 Å². The van der Waals surface area contributed by atoms with Gasteiger partial charge in [-0.3, -0.25) is 0 Å². The maximum atomic E-state index is 4.46. The van der Waals surface area contributed by atoms with Crippen molar-refractivity contribution in [2.75, 3.05) is 0 Å². The van der Waals surface area contributed by atoms with E-state index >= 15 is 0 Å². The third kappa shape index (κ3) is 1.64. The number of hydrazine groups is 1. The van der Waals surface area contributed by atoms with Crippen LogP contribution in [-0.4, -0.2) is 9.78 Å². The van der Waals surface area contributed by atoms with Gasteiger partial charge in [-0.25, -0.2) is 4.68 Å². The lowest BCUT2D eigenvalue weighted by atomic mass is 10.1. The minimum absolute atomic E-state index is 0.468. The molecule has 1 aromatic rings. The van der Waals surface area contributed by atoms with Crippen LogP contribution in [0, 0.1) is 0 Å². The van der Waals surface area contributed by atoms with Gasteiger partial charge in [0.05, 0.1) is 11.4 Å². The van der Waals surface area contributed by atoms with Crippen molar-refractivity contribution in [3.8, 4) is 0 Å². The van der Waals surface area contributed by atoms with E-state index in [1.165, 1.54) is 0 Å². The van der Waals surface area contributed by atoms with E-state index in [-0.39, 0.29) is 0 Å². The van der Waals surface area contributed by atoms with Crippen molar-refractivity contribution in [3.63, 3.8) is 0 Å². The molecule has 1 aliphatic heterocycles. The van der Waals surface area contributed by atoms with Gasteiger partial charge in [-0.2, -0.15) is 5.10 Å². The van der Waals surface area contributed by atoms with Crippen molar-refractivity contribution in [1.82, 2.24) is 20.6 Å². The molecule has 0 saturated heterocycles. The highest BCUT2D eigenvalue weighted by Gasteiger charge is 2.05. The van der Waals surface area contributed by atoms with Crippen molar-refractivity contribution in [1.29, 1.82) is 0 Å². The van der Waals surface area contributed by atoms with Crippen molar-refractivity contribution in [3.05, 3.63) is 36.4 Å². The van der Waals surface area contributed by atoms with Gasteiger partial charge in [0.1, 0.15) is 0 Å². The van der Waals surface area contributed by atoms with Crippen LogP contribution >= 0.6 is 0 Å². The zero-order valence-electron chi connectivity index (χ0n) is 8.36. The number of hydrogen-bond acceptors (Lipinski definition) is 3. The average molecular weight is 190 g/mol. The fourth-order valence-electron chi connectivity index (χ4n) is 1.27. The van der Waals surface area contributed by atoms with Gasteiger partial charge in [-0.1, -0.05) is 13.8 Å². The lowest BCUT2D eigenvalue weighted by Crippen LogP contribution is -2.24. The quantitative estimate of drug-likeness (QED) is 0.741. The Balaban J connectivity index is 2.24. The van der Waals surface area contributed by atoms with Crippen molar-refractivity contribution in [2.24, 2.45) is 0 Å². The Morgan fingerprint density at radius 2 is 2.21 bits per heavy atom. The zero-order chi connectivity index (χ0) is 9.97. The number of nitrogens with one attached hydrogen (secondary N) is 2. The summed E-state index contributed by atoms with van der Waals surface area (Å²) in [7, 11) is 0. The number of aromatic nitrogens is 2. The summed E-state index contributed by atoms with van der Waals surface area (Å²) in [5.74, 6) is 0.468. The molecule has 4 nitrogen and oxygen atoms in total. The van der Waals surface area contributed by atoms with Gasteiger partial charge in [0, 0.05) is 18.6 Å². The summed E-state index contributed by atoms with van der Waals surface area (Å²) < 4.78 is 1.86. The first-order valence-corrected chi connectivity index (χ1v) is 4.71. The van der Waals surface area contributed by atoms with Gasteiger partial charge >= 0.3 is 0 Å². The Kier molecular flexibility index (Phi) is 2.26. The van der Waals surface area contributed by atoms with E-state index in [0.717, 1.165) is 11.4 Å². The Morgan fingerprint density at radius 1 is 1.36 bits per heavy atom. The molecule has 0 bridgehead atoms. The first kappa shape index (κ1) is 8.87. The third-order valence-corrected chi connectivity index (χ3v) is 2.11. The summed E-state index contributed by atoms with van der Waals surface area (Å²) in [5, 5.41) is 4.46. The summed E-state index contributed by atoms with van der Waals surface area (Å²) in [5.41, 5.74) is 7.91. The topological polar surface area (TPSA) is 41.9 Å². The molecule has 0 atom stereocenters. The van der Waals surface area contributed by atoms with E-state index in [2.05, 4.69) is 29.8 Å². The predicted molar refractivity (Wildman–Crippen MR) is 56.0 cm³/mol. The van der Waals surface area contributed by atoms with Gasteiger partial charge in [0.25, 0.3) is 0 Å². The highest BCUT2D eigenvalue weighted by Crippen LogP contribution is 2.13. The van der Waals surface area contributed by atoms with Gasteiger partial charge in [-0.15, -0.1) is 0 Å². The van der Waals surface area contributed by atoms with Crippen LogP contribution in [0.15, 0.2) is 30.7 Å². The maximum absolute atomic E-state index is 4.46. The minimum Gasteiger partial charge on any atom is -0.309 e. The van der Waals surface area contributed by atoms with Crippen LogP contribution in [0.4, 0.5) is 0 Å². The zero-order valence-corrected chi connectivity index (χ0v) is 8.36. The fourth-order valence-corrected chi connectivity index (χ4v) is 1.27. The normalized spacial score (nSPS) is 14.9. The summed E-state index contributed by atoms with van der Waals surface area (Å²) in [6, 6.07) is 2.04. The van der Waals surface area contributed by atoms with E-state index in [1.807, 2.05) is 35.4 Å². The molecule has 14 heavy (non-hydrogen) atoms. The summed E-state index contributed by atoms with van der Waals surface area (Å²) in [6.45, 7) is 4.27. The van der Waals surface area contributed by atoms with E-state index in [0.29, 0.717) is 5.92 Å². The van der Waals surface area contributed by atoms with Gasteiger partial charge in [0.15, 0.2) is 0 Å². The smallest absolute Gasteiger partial charge is 0.0836 e. The predicted octanol–water partition coefficient (Wildman–Crippen LogP) is 1.43. The molecular formula is C10H14N4. The molecule has 2 rings (SSSR count). The van der Waals surface area contributed by atoms with Crippen molar-refractivity contribution >= 4 is 5.70 Å². The maximum Gasteiger partial charge on any atom is 0.0836 e. The van der Waals surface area contributed by atoms with Crippen LogP contribution in [0.25, 0.3) is 5.70 Å². The molecule has 0 fully saturated rings. The van der Waals surface area contributed by atoms with Crippen LogP contribution < -0.4 is 10.9 Å². The molecule has 0 radical (unpaired) electrons. The molecule has 0 aliphatic carbocycles. The molecule has 1 aromatic heterocycles. The molecule has 0 aromatic carbocycles. The van der Waals surface area contributed by atoms with Crippen LogP contribution in [0.1, 0.15) is 25.5 Å². The molecule has 0 amide bonds. The van der Waals surface area contributed by atoms with Crippen LogP contribution in [-0.2, 0) is 0 Å². The second-order valence-electron chi connectivity index (χ2n) is 3.53. The average Bonchev–Trinajstić information content (AvgIpc) is 2.68. The molecule has 4 heteroatoms. The molecule has 0 unspecified atom stereocenters. The second kappa shape index (κ2) is 3.57. The Morgan fingerprint density at radius 3 is 2.79 bits per heavy atom. The number of rotatable bonds is 2. The number of allylic oxidation sites excluding steroid dienone is 2. The first-order chi connectivity index (χ1) is 6.77. The van der Waals surface area contributed by atoms with E-state index < -0.39 is 0 Å². The highest BCUT2D eigenvalue weighted by molar-refractivity contribution is 5.56. The Hall–Kier alpha value is -1.71. The monoisotopic (exact) mass is 190 g/mol. The van der Waals surface area contributed by atoms with Gasteiger partial charge in [0.2, 0.25) is 0 Å². The lowest BCUT2D eigenvalue weighted by Gasteiger charge is -2.09. The van der Waals surface area contributed by atoms with Crippen molar-refractivity contribution in [2.45, 2.75) is 19.8 Å². The molecule has 2 N–H and O–H groups in total. The summed E-state index contributed by atoms with van der Waals surface area (Å²) >= 11 is 0. The molecular weight excluding hydrogens is 176 g/mol. The van der Waals surface area contributed by atoms with E-state index in [9.17, 15) is 0 Å². The SMILES string of the molecule is CC(C)c1ccn(C2=CNNC=C2)n1. The van der Waals surface area contributed by atoms with Gasteiger partial charge < -0.3 is 10.9 Å². The third-order valence-electron chi connectivity index (χ3n) is 2.11. The number of nitrogens with zero attached hydrogens (tertiary/aromatic N) is 2. The van der Waals surface area contributed by atoms with Crippen LogP contribution in [0.3, 0.4) is 0 Å². The lowest BCUT2D eigenvalue weighted by molar-refractivity contribution is 0.740. The van der Waals surface area contributed by atoms with Crippen molar-refractivity contribution < 1.29 is 0 Å². The molecule has 74 valence electrons. The fraction of sp³-hybridized carbons (Fsp3) is 0.300. The van der Waals surface area contributed by atoms with E-state index in [1.54, 1.807) is 0 Å². The number of hydrogen-bond donors (Lipinski definition) is 2. The Bertz CT molecular complexity index is 373. The molecule has 0 spiro atoms. The Labute approximate surface area is 83.3 Å². The largest absolute Gasteiger partial charge is 0.309 e. The highest BCUT2D eigenvalue weighted by atomic mass is 15.4. The molecule has 2 heterocycles. The second-order valence-corrected chi connectivity index (χ2v) is 3.53. The van der Waals surface area contributed by atoms with Crippen LogP contribution in [0.5, 0.6) is 0 Å². The van der Waals surface area contributed by atoms with Gasteiger partial charge in [-0.05, 0) is 18.1 Å². The summed E-state index contributed by atoms with van der Waals surface area (Å²) in [4.78, 5) is 0. The summed E-state index contributed by atoms with van der Waals surface area (Å²) in [6.07, 6.45) is 7.65. The van der Waals surface area contributed by atoms with Crippen LogP contribution in [0.2, 0.25) is 0 Å². The molecule has 0 saturated carbocycles. The minimum atomic E-state index is 0.468. The first-order valence-electron chi connectivity index (χ1n) is 4.71. The standard InChI is InChI=1S/C10H14N4/c1-8(2)10-4-6-14(13-10)9-3-5-11-12-7-9/h3-8,11-12H,1-2H3. The molecule has 1 aliphatic rings.